The highest BCUT2D eigenvalue weighted by atomic mass is 16.5. The van der Waals surface area contributed by atoms with Gasteiger partial charge in [-0.25, -0.2) is 0 Å². The molecular weight excluding hydrogens is 304 g/mol. The summed E-state index contributed by atoms with van der Waals surface area (Å²) in [6, 6.07) is 14.2. The molecule has 3 aromatic rings. The van der Waals surface area contributed by atoms with Gasteiger partial charge in [0.2, 0.25) is 5.89 Å². The Bertz CT molecular complexity index is 843. The monoisotopic (exact) mass is 322 g/mol. The second-order valence-corrected chi connectivity index (χ2v) is 5.88. The van der Waals surface area contributed by atoms with Crippen LogP contribution in [0.2, 0.25) is 0 Å². The molecule has 1 aromatic heterocycles. The third kappa shape index (κ3) is 3.03. The smallest absolute Gasteiger partial charge is 0.251 e. The summed E-state index contributed by atoms with van der Waals surface area (Å²) in [7, 11) is 0. The Labute approximate surface area is 140 Å². The quantitative estimate of drug-likeness (QED) is 0.717. The molecule has 2 aromatic carbocycles. The number of hydrogen-bond donors (Lipinski definition) is 0. The van der Waals surface area contributed by atoms with Gasteiger partial charge >= 0.3 is 0 Å². The Kier molecular flexibility index (Phi) is 4.01. The lowest BCUT2D eigenvalue weighted by Crippen LogP contribution is -1.94. The van der Waals surface area contributed by atoms with Crippen LogP contribution in [0.25, 0.3) is 11.5 Å². The van der Waals surface area contributed by atoms with E-state index in [1.807, 2.05) is 36.4 Å². The van der Waals surface area contributed by atoms with E-state index in [1.165, 1.54) is 5.56 Å². The Morgan fingerprint density at radius 2 is 1.96 bits per heavy atom. The summed E-state index contributed by atoms with van der Waals surface area (Å²) in [4.78, 5) is 0. The maximum absolute atomic E-state index is 5.76. The zero-order valence-corrected chi connectivity index (χ0v) is 13.5. The second kappa shape index (κ2) is 6.45. The third-order valence-electron chi connectivity index (χ3n) is 3.96. The Morgan fingerprint density at radius 1 is 1.08 bits per heavy atom. The fraction of sp³-hybridized carbons (Fsp3) is 0.263. The molecule has 5 nitrogen and oxygen atoms in total. The van der Waals surface area contributed by atoms with Crippen molar-refractivity contribution in [3.05, 3.63) is 65.0 Å². The molecule has 0 bridgehead atoms. The van der Waals surface area contributed by atoms with Crippen molar-refractivity contribution in [1.29, 1.82) is 0 Å². The van der Waals surface area contributed by atoms with E-state index >= 15 is 0 Å². The molecule has 122 valence electrons. The van der Waals surface area contributed by atoms with Crippen LogP contribution < -0.4 is 4.74 Å². The minimum absolute atomic E-state index is 0.288. The molecular formula is C19H18N2O3. The summed E-state index contributed by atoms with van der Waals surface area (Å²) in [5.41, 5.74) is 4.34. The number of fused-ring (bicyclic) bond motifs is 1. The fourth-order valence-corrected chi connectivity index (χ4v) is 2.88. The zero-order valence-electron chi connectivity index (χ0n) is 13.5. The van der Waals surface area contributed by atoms with Crippen molar-refractivity contribution >= 4 is 0 Å². The molecule has 0 saturated heterocycles. The van der Waals surface area contributed by atoms with Crippen molar-refractivity contribution in [1.82, 2.24) is 10.2 Å². The van der Waals surface area contributed by atoms with Crippen molar-refractivity contribution in [3.63, 3.8) is 0 Å². The SMILES string of the molecule is Cc1cc2c(c(-c3nnc(COCc4ccccc4)o3)c1)OCC2. The van der Waals surface area contributed by atoms with Crippen molar-refractivity contribution in [2.45, 2.75) is 26.6 Å². The van der Waals surface area contributed by atoms with E-state index < -0.39 is 0 Å². The van der Waals surface area contributed by atoms with Crippen molar-refractivity contribution in [3.8, 4) is 17.2 Å². The molecule has 0 unspecified atom stereocenters. The van der Waals surface area contributed by atoms with E-state index in [2.05, 4.69) is 23.2 Å². The molecule has 0 aliphatic carbocycles. The van der Waals surface area contributed by atoms with Crippen LogP contribution in [0.3, 0.4) is 0 Å². The first-order valence-corrected chi connectivity index (χ1v) is 8.00. The van der Waals surface area contributed by atoms with Gasteiger partial charge < -0.3 is 13.9 Å². The van der Waals surface area contributed by atoms with Gasteiger partial charge in [-0.2, -0.15) is 0 Å². The summed E-state index contributed by atoms with van der Waals surface area (Å²) in [5, 5.41) is 8.24. The first-order chi connectivity index (χ1) is 11.8. The van der Waals surface area contributed by atoms with Crippen LogP contribution in [0.5, 0.6) is 5.75 Å². The van der Waals surface area contributed by atoms with Crippen molar-refractivity contribution < 1.29 is 13.9 Å². The number of hydrogen-bond acceptors (Lipinski definition) is 5. The fourth-order valence-electron chi connectivity index (χ4n) is 2.88. The van der Waals surface area contributed by atoms with Crippen LogP contribution in [0.4, 0.5) is 0 Å². The van der Waals surface area contributed by atoms with Gasteiger partial charge in [0.05, 0.1) is 18.8 Å². The van der Waals surface area contributed by atoms with Gasteiger partial charge in [0, 0.05) is 6.42 Å². The summed E-state index contributed by atoms with van der Waals surface area (Å²) >= 11 is 0. The van der Waals surface area contributed by atoms with Crippen LogP contribution in [0, 0.1) is 6.92 Å². The number of aryl methyl sites for hydroxylation is 1. The molecule has 1 aliphatic heterocycles. The molecule has 5 heteroatoms. The zero-order chi connectivity index (χ0) is 16.4. The highest BCUT2D eigenvalue weighted by Crippen LogP contribution is 2.37. The molecule has 2 heterocycles. The maximum atomic E-state index is 5.76. The van der Waals surface area contributed by atoms with Crippen LogP contribution in [-0.2, 0) is 24.4 Å². The van der Waals surface area contributed by atoms with Gasteiger partial charge in [-0.15, -0.1) is 10.2 Å². The Morgan fingerprint density at radius 3 is 2.83 bits per heavy atom. The van der Waals surface area contributed by atoms with E-state index in [1.54, 1.807) is 0 Å². The predicted octanol–water partition coefficient (Wildman–Crippen LogP) is 3.70. The van der Waals surface area contributed by atoms with Gasteiger partial charge in [-0.3, -0.25) is 0 Å². The van der Waals surface area contributed by atoms with Crippen LogP contribution >= 0.6 is 0 Å². The molecule has 4 rings (SSSR count). The average Bonchev–Trinajstić information content (AvgIpc) is 3.24. The van der Waals surface area contributed by atoms with Gasteiger partial charge in [0.15, 0.2) is 0 Å². The predicted molar refractivity (Wildman–Crippen MR) is 88.6 cm³/mol. The van der Waals surface area contributed by atoms with E-state index in [9.17, 15) is 0 Å². The van der Waals surface area contributed by atoms with Gasteiger partial charge in [-0.1, -0.05) is 36.4 Å². The van der Waals surface area contributed by atoms with Gasteiger partial charge in [0.1, 0.15) is 12.4 Å². The van der Waals surface area contributed by atoms with Crippen LogP contribution in [-0.4, -0.2) is 16.8 Å². The third-order valence-corrected chi connectivity index (χ3v) is 3.96. The number of nitrogens with zero attached hydrogens (tertiary/aromatic N) is 2. The first-order valence-electron chi connectivity index (χ1n) is 8.00. The summed E-state index contributed by atoms with van der Waals surface area (Å²) < 4.78 is 17.1. The number of benzene rings is 2. The maximum Gasteiger partial charge on any atom is 0.251 e. The van der Waals surface area contributed by atoms with Gasteiger partial charge in [0.25, 0.3) is 5.89 Å². The largest absolute Gasteiger partial charge is 0.492 e. The minimum Gasteiger partial charge on any atom is -0.492 e. The van der Waals surface area contributed by atoms with Crippen LogP contribution in [0.1, 0.15) is 22.6 Å². The van der Waals surface area contributed by atoms with E-state index in [-0.39, 0.29) is 6.61 Å². The molecule has 0 atom stereocenters. The van der Waals surface area contributed by atoms with Crippen LogP contribution in [0.15, 0.2) is 46.9 Å². The van der Waals surface area contributed by atoms with E-state index in [4.69, 9.17) is 13.9 Å². The van der Waals surface area contributed by atoms with Gasteiger partial charge in [-0.05, 0) is 29.7 Å². The molecule has 0 N–H and O–H groups in total. The molecule has 0 fully saturated rings. The van der Waals surface area contributed by atoms with E-state index in [0.717, 1.165) is 28.9 Å². The highest BCUT2D eigenvalue weighted by Gasteiger charge is 2.21. The Hall–Kier alpha value is -2.66. The first kappa shape index (κ1) is 14.9. The average molecular weight is 322 g/mol. The minimum atomic E-state index is 0.288. The normalized spacial score (nSPS) is 12.9. The molecule has 0 amide bonds. The lowest BCUT2D eigenvalue weighted by molar-refractivity contribution is 0.0898. The summed E-state index contributed by atoms with van der Waals surface area (Å²) in [5.74, 6) is 1.81. The molecule has 24 heavy (non-hydrogen) atoms. The standard InChI is InChI=1S/C19H18N2O3/c1-13-9-15-7-8-23-18(15)16(10-13)19-21-20-17(24-19)12-22-11-14-5-3-2-4-6-14/h2-6,9-10H,7-8,11-12H2,1H3. The number of ether oxygens (including phenoxy) is 2. The topological polar surface area (TPSA) is 57.4 Å². The lowest BCUT2D eigenvalue weighted by atomic mass is 10.0. The second-order valence-electron chi connectivity index (χ2n) is 5.88. The summed E-state index contributed by atoms with van der Waals surface area (Å²) in [6.45, 7) is 3.56. The number of aromatic nitrogens is 2. The molecule has 0 spiro atoms. The summed E-state index contributed by atoms with van der Waals surface area (Å²) in [6.07, 6.45) is 0.922. The molecule has 0 radical (unpaired) electrons. The van der Waals surface area contributed by atoms with Crippen molar-refractivity contribution in [2.75, 3.05) is 6.61 Å². The van der Waals surface area contributed by atoms with E-state index in [0.29, 0.717) is 25.0 Å². The lowest BCUT2D eigenvalue weighted by Gasteiger charge is -2.06. The molecule has 0 saturated carbocycles. The number of rotatable bonds is 5. The molecule has 1 aliphatic rings. The highest BCUT2D eigenvalue weighted by molar-refractivity contribution is 5.67. The van der Waals surface area contributed by atoms with Crippen molar-refractivity contribution in [2.24, 2.45) is 0 Å². The Balaban J connectivity index is 1.47.